The molecule has 3 rings (SSSR count). The maximum atomic E-state index is 12.9. The first-order valence-electron chi connectivity index (χ1n) is 10.1. The number of rotatable bonds is 7. The second-order valence-corrected chi connectivity index (χ2v) is 8.06. The van der Waals surface area contributed by atoms with Gasteiger partial charge in [-0.25, -0.2) is 4.98 Å². The highest BCUT2D eigenvalue weighted by molar-refractivity contribution is 6.31. The first kappa shape index (κ1) is 20.9. The molecule has 0 unspecified atom stereocenters. The second-order valence-electron chi connectivity index (χ2n) is 7.65. The SMILES string of the molecule is CCOC(=O)C1(Cc2ccccc2Cl)CCN(Cc2nc(CC)[nH]c2C)CC1. The lowest BCUT2D eigenvalue weighted by Gasteiger charge is -2.40. The Bertz CT molecular complexity index is 810. The van der Waals surface area contributed by atoms with Gasteiger partial charge in [0, 0.05) is 23.7 Å². The average molecular weight is 404 g/mol. The smallest absolute Gasteiger partial charge is 0.312 e. The lowest BCUT2D eigenvalue weighted by atomic mass is 9.73. The minimum atomic E-state index is -0.507. The summed E-state index contributed by atoms with van der Waals surface area (Å²) in [4.78, 5) is 23.3. The highest BCUT2D eigenvalue weighted by Crippen LogP contribution is 2.38. The van der Waals surface area contributed by atoms with Crippen LogP contribution < -0.4 is 0 Å². The number of likely N-dealkylation sites (tertiary alicyclic amines) is 1. The molecule has 0 radical (unpaired) electrons. The van der Waals surface area contributed by atoms with E-state index in [0.717, 1.165) is 61.7 Å². The molecule has 0 bridgehead atoms. The van der Waals surface area contributed by atoms with Crippen LogP contribution in [0.3, 0.4) is 0 Å². The van der Waals surface area contributed by atoms with Crippen molar-refractivity contribution in [2.45, 2.75) is 53.0 Å². The zero-order chi connectivity index (χ0) is 20.1. The van der Waals surface area contributed by atoms with Gasteiger partial charge in [0.2, 0.25) is 0 Å². The second kappa shape index (κ2) is 9.10. The van der Waals surface area contributed by atoms with Crippen LogP contribution in [0.5, 0.6) is 0 Å². The number of benzene rings is 1. The molecule has 1 aliphatic rings. The van der Waals surface area contributed by atoms with Crippen LogP contribution in [0.15, 0.2) is 24.3 Å². The van der Waals surface area contributed by atoms with Crippen LogP contribution in [0.1, 0.15) is 49.5 Å². The van der Waals surface area contributed by atoms with E-state index in [2.05, 4.69) is 23.7 Å². The Morgan fingerprint density at radius 2 is 2.00 bits per heavy atom. The summed E-state index contributed by atoms with van der Waals surface area (Å²) >= 11 is 6.38. The number of piperidine rings is 1. The van der Waals surface area contributed by atoms with Crippen LogP contribution in [-0.4, -0.2) is 40.5 Å². The molecule has 0 amide bonds. The topological polar surface area (TPSA) is 58.2 Å². The highest BCUT2D eigenvalue weighted by atomic mass is 35.5. The summed E-state index contributed by atoms with van der Waals surface area (Å²) < 4.78 is 5.47. The van der Waals surface area contributed by atoms with Crippen LogP contribution in [0.2, 0.25) is 5.02 Å². The molecule has 6 heteroatoms. The summed E-state index contributed by atoms with van der Waals surface area (Å²) in [7, 11) is 0. The largest absolute Gasteiger partial charge is 0.466 e. The monoisotopic (exact) mass is 403 g/mol. The minimum absolute atomic E-state index is 0.0983. The van der Waals surface area contributed by atoms with E-state index in [0.29, 0.717) is 18.1 Å². The van der Waals surface area contributed by atoms with Crippen molar-refractivity contribution >= 4 is 17.6 Å². The fourth-order valence-electron chi connectivity index (χ4n) is 3.98. The predicted molar refractivity (Wildman–Crippen MR) is 111 cm³/mol. The summed E-state index contributed by atoms with van der Waals surface area (Å²) in [6.07, 6.45) is 3.06. The number of esters is 1. The first-order valence-corrected chi connectivity index (χ1v) is 10.5. The molecule has 5 nitrogen and oxygen atoms in total. The Labute approximate surface area is 172 Å². The predicted octanol–water partition coefficient (Wildman–Crippen LogP) is 4.32. The van der Waals surface area contributed by atoms with E-state index in [4.69, 9.17) is 21.3 Å². The van der Waals surface area contributed by atoms with Crippen molar-refractivity contribution < 1.29 is 9.53 Å². The molecule has 1 aliphatic heterocycles. The number of imidazole rings is 1. The maximum absolute atomic E-state index is 12.9. The molecule has 1 fully saturated rings. The summed E-state index contributed by atoms with van der Waals surface area (Å²) in [6, 6.07) is 7.79. The minimum Gasteiger partial charge on any atom is -0.466 e. The molecule has 0 atom stereocenters. The number of hydrogen-bond donors (Lipinski definition) is 1. The number of H-pyrrole nitrogens is 1. The lowest BCUT2D eigenvalue weighted by Crippen LogP contribution is -2.46. The average Bonchev–Trinajstić information content (AvgIpc) is 3.05. The van der Waals surface area contributed by atoms with E-state index in [1.807, 2.05) is 31.2 Å². The normalized spacial score (nSPS) is 16.9. The quantitative estimate of drug-likeness (QED) is 0.699. The van der Waals surface area contributed by atoms with Crippen molar-refractivity contribution in [1.82, 2.24) is 14.9 Å². The first-order chi connectivity index (χ1) is 13.5. The van der Waals surface area contributed by atoms with Crippen molar-refractivity contribution in [3.8, 4) is 0 Å². The molecule has 152 valence electrons. The van der Waals surface area contributed by atoms with E-state index < -0.39 is 5.41 Å². The Morgan fingerprint density at radius 3 is 2.61 bits per heavy atom. The molecule has 0 aliphatic carbocycles. The van der Waals surface area contributed by atoms with Gasteiger partial charge in [-0.15, -0.1) is 0 Å². The number of carbonyl (C=O) groups is 1. The number of hydrogen-bond acceptors (Lipinski definition) is 4. The summed E-state index contributed by atoms with van der Waals surface area (Å²) in [5.41, 5.74) is 2.75. The van der Waals surface area contributed by atoms with Gasteiger partial charge in [-0.1, -0.05) is 36.7 Å². The molecule has 28 heavy (non-hydrogen) atoms. The van der Waals surface area contributed by atoms with Crippen molar-refractivity contribution in [3.63, 3.8) is 0 Å². The molecule has 1 saturated heterocycles. The number of ether oxygens (including phenoxy) is 1. The Hall–Kier alpha value is -1.85. The van der Waals surface area contributed by atoms with Crippen molar-refractivity contribution in [2.24, 2.45) is 5.41 Å². The van der Waals surface area contributed by atoms with Gasteiger partial charge < -0.3 is 9.72 Å². The third-order valence-electron chi connectivity index (χ3n) is 5.75. The molecule has 0 spiro atoms. The number of carbonyl (C=O) groups excluding carboxylic acids is 1. The summed E-state index contributed by atoms with van der Waals surface area (Å²) in [6.45, 7) is 8.94. The molecule has 2 aromatic rings. The number of nitrogens with one attached hydrogen (secondary N) is 1. The molecule has 1 aromatic carbocycles. The number of aromatic amines is 1. The van der Waals surface area contributed by atoms with Crippen molar-refractivity contribution in [2.75, 3.05) is 19.7 Å². The van der Waals surface area contributed by atoms with E-state index >= 15 is 0 Å². The van der Waals surface area contributed by atoms with E-state index in [-0.39, 0.29) is 5.97 Å². The van der Waals surface area contributed by atoms with Crippen LogP contribution in [0, 0.1) is 12.3 Å². The summed E-state index contributed by atoms with van der Waals surface area (Å²) in [5.74, 6) is 0.933. The van der Waals surface area contributed by atoms with Gasteiger partial charge in [-0.2, -0.15) is 0 Å². The maximum Gasteiger partial charge on any atom is 0.312 e. The van der Waals surface area contributed by atoms with E-state index in [9.17, 15) is 4.79 Å². The molecular formula is C22H30ClN3O2. The highest BCUT2D eigenvalue weighted by Gasteiger charge is 2.43. The third-order valence-corrected chi connectivity index (χ3v) is 6.12. The Kier molecular flexibility index (Phi) is 6.78. The van der Waals surface area contributed by atoms with Gasteiger partial charge in [0.25, 0.3) is 0 Å². The lowest BCUT2D eigenvalue weighted by molar-refractivity contribution is -0.158. The Balaban J connectivity index is 1.72. The van der Waals surface area contributed by atoms with Crippen LogP contribution in [0.4, 0.5) is 0 Å². The standard InChI is InChI=1S/C22H30ClN3O2/c1-4-20-24-16(3)19(25-20)15-26-12-10-22(11-13-26,21(27)28-5-2)14-17-8-6-7-9-18(17)23/h6-9H,4-5,10-15H2,1-3H3,(H,24,25). The molecule has 1 N–H and O–H groups in total. The number of aromatic nitrogens is 2. The number of nitrogens with zero attached hydrogens (tertiary/aromatic N) is 2. The van der Waals surface area contributed by atoms with E-state index in [1.54, 1.807) is 0 Å². The van der Waals surface area contributed by atoms with Gasteiger partial charge in [0.1, 0.15) is 5.82 Å². The third kappa shape index (κ3) is 4.58. The molecular weight excluding hydrogens is 374 g/mol. The fraction of sp³-hybridized carbons (Fsp3) is 0.545. The number of aryl methyl sites for hydroxylation is 2. The van der Waals surface area contributed by atoms with E-state index in [1.165, 1.54) is 0 Å². The van der Waals surface area contributed by atoms with Gasteiger partial charge in [-0.05, 0) is 57.8 Å². The molecule has 0 saturated carbocycles. The van der Waals surface area contributed by atoms with Crippen molar-refractivity contribution in [3.05, 3.63) is 52.1 Å². The van der Waals surface area contributed by atoms with Gasteiger partial charge >= 0.3 is 5.97 Å². The molecule has 2 heterocycles. The number of halogens is 1. The zero-order valence-corrected chi connectivity index (χ0v) is 17.8. The zero-order valence-electron chi connectivity index (χ0n) is 17.1. The summed E-state index contributed by atoms with van der Waals surface area (Å²) in [5, 5.41) is 0.716. The van der Waals surface area contributed by atoms with Crippen LogP contribution in [-0.2, 0) is 28.9 Å². The Morgan fingerprint density at radius 1 is 1.29 bits per heavy atom. The van der Waals surface area contributed by atoms with Gasteiger partial charge in [0.15, 0.2) is 0 Å². The van der Waals surface area contributed by atoms with Crippen LogP contribution >= 0.6 is 11.6 Å². The van der Waals surface area contributed by atoms with Gasteiger partial charge in [-0.3, -0.25) is 9.69 Å². The van der Waals surface area contributed by atoms with Gasteiger partial charge in [0.05, 0.1) is 17.7 Å². The van der Waals surface area contributed by atoms with Crippen LogP contribution in [0.25, 0.3) is 0 Å². The molecule has 1 aromatic heterocycles. The fourth-order valence-corrected chi connectivity index (χ4v) is 4.18. The van der Waals surface area contributed by atoms with Crippen molar-refractivity contribution in [1.29, 1.82) is 0 Å².